The van der Waals surface area contributed by atoms with Crippen LogP contribution >= 0.6 is 0 Å². The molecule has 1 heterocycles. The fourth-order valence-corrected chi connectivity index (χ4v) is 11.9. The van der Waals surface area contributed by atoms with Gasteiger partial charge in [-0.25, -0.2) is 52.6 Å². The SMILES string of the molecule is Cc1ccc(S(=O)(=O)NCC2CCC(NS(=O)(=O)c3ccc(C)cc3)[C@H](OC3C(O)[C@H](O)[C@H](NS(=O)(=O)c4ccc(C)cc4)C(O)[C@@H]3NS(=O)(=O)c3ccc(C)cc3)O2)cc1. The molecule has 4 aromatic rings. The summed E-state index contributed by atoms with van der Waals surface area (Å²) in [6, 6.07) is 18.2. The molecule has 0 bridgehead atoms. The highest BCUT2D eigenvalue weighted by atomic mass is 32.2. The number of aryl methyl sites for hydroxylation is 4. The van der Waals surface area contributed by atoms with Crippen molar-refractivity contribution in [3.8, 4) is 0 Å². The van der Waals surface area contributed by atoms with Crippen molar-refractivity contribution in [1.29, 1.82) is 0 Å². The Kier molecular flexibility index (Phi) is 14.3. The molecule has 1 aliphatic heterocycles. The molecule has 6 rings (SSSR count). The van der Waals surface area contributed by atoms with Crippen molar-refractivity contribution < 1.29 is 58.5 Å². The van der Waals surface area contributed by atoms with Crippen LogP contribution in [0.15, 0.2) is 117 Å². The average Bonchev–Trinajstić information content (AvgIpc) is 3.20. The van der Waals surface area contributed by atoms with Crippen LogP contribution < -0.4 is 18.9 Å². The van der Waals surface area contributed by atoms with Gasteiger partial charge in [0.2, 0.25) is 40.1 Å². The third-order valence-electron chi connectivity index (χ3n) is 10.6. The predicted molar refractivity (Wildman–Crippen MR) is 223 cm³/mol. The van der Waals surface area contributed by atoms with Crippen molar-refractivity contribution in [2.45, 2.75) is 115 Å². The van der Waals surface area contributed by atoms with E-state index in [1.54, 1.807) is 52.0 Å². The monoisotopic (exact) mass is 922 g/mol. The zero-order valence-corrected chi connectivity index (χ0v) is 36.9. The molecule has 1 saturated carbocycles. The predicted octanol–water partition coefficient (Wildman–Crippen LogP) is 1.23. The minimum atomic E-state index is -4.58. The molecule has 4 aromatic carbocycles. The number of aliphatic hydroxyl groups is 3. The van der Waals surface area contributed by atoms with Gasteiger partial charge in [0.05, 0.1) is 49.9 Å². The molecule has 2 aliphatic rings. The molecule has 332 valence electrons. The van der Waals surface area contributed by atoms with Crippen LogP contribution in [0.5, 0.6) is 0 Å². The van der Waals surface area contributed by atoms with Crippen LogP contribution in [0.4, 0.5) is 0 Å². The van der Waals surface area contributed by atoms with E-state index < -0.39 is 95.0 Å². The third-order valence-corrected chi connectivity index (χ3v) is 16.5. The first kappa shape index (κ1) is 46.8. The Hall–Kier alpha value is -3.68. The summed E-state index contributed by atoms with van der Waals surface area (Å²) in [5.74, 6) is 0. The van der Waals surface area contributed by atoms with E-state index in [1.165, 1.54) is 72.8 Å². The summed E-state index contributed by atoms with van der Waals surface area (Å²) in [6.07, 6.45) is -11.0. The van der Waals surface area contributed by atoms with Crippen LogP contribution in [-0.4, -0.2) is 110 Å². The van der Waals surface area contributed by atoms with Gasteiger partial charge in [0, 0.05) is 6.54 Å². The Balaban J connectivity index is 1.34. The van der Waals surface area contributed by atoms with E-state index in [1.807, 2.05) is 0 Å². The van der Waals surface area contributed by atoms with Gasteiger partial charge in [0.25, 0.3) is 0 Å². The number of sulfonamides is 4. The van der Waals surface area contributed by atoms with Gasteiger partial charge in [-0.05, 0) is 89.1 Å². The molecule has 5 unspecified atom stereocenters. The van der Waals surface area contributed by atoms with Crippen molar-refractivity contribution in [2.75, 3.05) is 6.54 Å². The number of aliphatic hydroxyl groups excluding tert-OH is 3. The van der Waals surface area contributed by atoms with Gasteiger partial charge in [-0.1, -0.05) is 70.8 Å². The molecule has 0 amide bonds. The topological polar surface area (TPSA) is 264 Å². The third kappa shape index (κ3) is 11.1. The van der Waals surface area contributed by atoms with Gasteiger partial charge < -0.3 is 24.8 Å². The van der Waals surface area contributed by atoms with E-state index in [2.05, 4.69) is 18.9 Å². The quantitative estimate of drug-likeness (QED) is 0.0886. The Labute approximate surface area is 356 Å². The molecule has 61 heavy (non-hydrogen) atoms. The molecule has 9 atom stereocenters. The summed E-state index contributed by atoms with van der Waals surface area (Å²) in [5, 5.41) is 35.1. The van der Waals surface area contributed by atoms with Crippen LogP contribution in [0.1, 0.15) is 35.1 Å². The lowest BCUT2D eigenvalue weighted by Crippen LogP contribution is -2.73. The highest BCUT2D eigenvalue weighted by molar-refractivity contribution is 7.90. The lowest BCUT2D eigenvalue weighted by atomic mass is 9.82. The summed E-state index contributed by atoms with van der Waals surface area (Å²) < 4.78 is 130. The van der Waals surface area contributed by atoms with Crippen molar-refractivity contribution in [1.82, 2.24) is 18.9 Å². The number of hydrogen-bond acceptors (Lipinski definition) is 13. The molecule has 0 aromatic heterocycles. The molecule has 0 spiro atoms. The Morgan fingerprint density at radius 3 is 1.31 bits per heavy atom. The van der Waals surface area contributed by atoms with Crippen LogP contribution in [0.2, 0.25) is 0 Å². The molecule has 1 saturated heterocycles. The van der Waals surface area contributed by atoms with Crippen LogP contribution in [-0.2, 0) is 49.6 Å². The molecule has 7 N–H and O–H groups in total. The van der Waals surface area contributed by atoms with Gasteiger partial charge >= 0.3 is 0 Å². The second-order valence-corrected chi connectivity index (χ2v) is 22.3. The van der Waals surface area contributed by atoms with E-state index in [9.17, 15) is 49.0 Å². The Morgan fingerprint density at radius 1 is 0.508 bits per heavy atom. The lowest BCUT2D eigenvalue weighted by Gasteiger charge is -2.48. The van der Waals surface area contributed by atoms with E-state index in [4.69, 9.17) is 9.47 Å². The van der Waals surface area contributed by atoms with Gasteiger partial charge in [-0.2, -0.15) is 0 Å². The Bertz CT molecular complexity index is 2600. The maximum atomic E-state index is 13.9. The van der Waals surface area contributed by atoms with Crippen LogP contribution in [0.25, 0.3) is 0 Å². The summed E-state index contributed by atoms with van der Waals surface area (Å²) >= 11 is 0. The second-order valence-electron chi connectivity index (χ2n) is 15.4. The van der Waals surface area contributed by atoms with Crippen molar-refractivity contribution in [2.24, 2.45) is 0 Å². The van der Waals surface area contributed by atoms with Gasteiger partial charge in [0.15, 0.2) is 6.29 Å². The van der Waals surface area contributed by atoms with Crippen molar-refractivity contribution in [3.63, 3.8) is 0 Å². The molecule has 0 radical (unpaired) electrons. The number of ether oxygens (including phenoxy) is 2. The number of benzene rings is 4. The Morgan fingerprint density at radius 2 is 0.885 bits per heavy atom. The lowest BCUT2D eigenvalue weighted by molar-refractivity contribution is -0.263. The summed E-state index contributed by atoms with van der Waals surface area (Å²) in [6.45, 7) is 6.72. The normalized spacial score (nSPS) is 26.5. The number of rotatable bonds is 15. The summed E-state index contributed by atoms with van der Waals surface area (Å²) in [7, 11) is -17.4. The van der Waals surface area contributed by atoms with Crippen LogP contribution in [0, 0.1) is 27.7 Å². The van der Waals surface area contributed by atoms with Gasteiger partial charge in [-0.3, -0.25) is 0 Å². The zero-order chi connectivity index (χ0) is 44.5. The summed E-state index contributed by atoms with van der Waals surface area (Å²) in [5.41, 5.74) is 3.10. The minimum absolute atomic E-state index is 0.0185. The minimum Gasteiger partial charge on any atom is -0.390 e. The first-order valence-electron chi connectivity index (χ1n) is 19.2. The summed E-state index contributed by atoms with van der Waals surface area (Å²) in [4.78, 5) is -0.638. The average molecular weight is 923 g/mol. The van der Waals surface area contributed by atoms with E-state index in [-0.39, 0.29) is 39.0 Å². The molecular formula is C40H50N4O13S4. The molecule has 1 aliphatic carbocycles. The fourth-order valence-electron chi connectivity index (χ4n) is 7.00. The van der Waals surface area contributed by atoms with Crippen LogP contribution in [0.3, 0.4) is 0 Å². The zero-order valence-electron chi connectivity index (χ0n) is 33.6. The van der Waals surface area contributed by atoms with Crippen molar-refractivity contribution in [3.05, 3.63) is 119 Å². The van der Waals surface area contributed by atoms with E-state index in [0.29, 0.717) is 0 Å². The van der Waals surface area contributed by atoms with E-state index in [0.717, 1.165) is 22.3 Å². The van der Waals surface area contributed by atoms with Gasteiger partial charge in [-0.15, -0.1) is 0 Å². The first-order chi connectivity index (χ1) is 28.6. The second kappa shape index (κ2) is 18.6. The molecular weight excluding hydrogens is 873 g/mol. The number of nitrogens with one attached hydrogen (secondary N) is 4. The number of hydrogen-bond donors (Lipinski definition) is 7. The standard InChI is InChI=1S/C40H50N4O13S4/c1-24-5-14-29(15-6-24)58(48,49)41-23-28-13-22-33(42-59(50,51)30-16-7-25(2)8-17-30)40(56-28)57-39-35(44-61(54,55)32-20-11-27(4)12-21-32)36(45)34(37(46)38(39)47)43-60(52,53)31-18-9-26(3)10-19-31/h5-12,14-21,28,33-47H,13,22-23H2,1-4H3/t28?,33?,34-,35+,36?,37-,38?,39?,40+/m1/s1. The first-order valence-corrected chi connectivity index (χ1v) is 25.2. The van der Waals surface area contributed by atoms with Gasteiger partial charge in [0.1, 0.15) is 18.3 Å². The van der Waals surface area contributed by atoms with Crippen molar-refractivity contribution >= 4 is 40.1 Å². The maximum absolute atomic E-state index is 13.9. The maximum Gasteiger partial charge on any atom is 0.240 e. The smallest absolute Gasteiger partial charge is 0.240 e. The molecule has 21 heteroatoms. The largest absolute Gasteiger partial charge is 0.390 e. The highest BCUT2D eigenvalue weighted by Crippen LogP contribution is 2.32. The molecule has 17 nitrogen and oxygen atoms in total. The fraction of sp³-hybridized carbons (Fsp3) is 0.400. The molecule has 2 fully saturated rings. The highest BCUT2D eigenvalue weighted by Gasteiger charge is 2.54. The van der Waals surface area contributed by atoms with E-state index >= 15 is 0 Å².